The minimum Gasteiger partial charge on any atom is -0.506 e. The lowest BCUT2D eigenvalue weighted by atomic mass is 9.88. The molecule has 224 valence electrons. The highest BCUT2D eigenvalue weighted by Crippen LogP contribution is 2.51. The van der Waals surface area contributed by atoms with Crippen LogP contribution in [0.5, 0.6) is 17.2 Å². The summed E-state index contributed by atoms with van der Waals surface area (Å²) in [6, 6.07) is 14.3. The fourth-order valence-corrected chi connectivity index (χ4v) is 8.16. The van der Waals surface area contributed by atoms with E-state index in [4.69, 9.17) is 15.9 Å². The number of sulfone groups is 1. The highest BCUT2D eigenvalue weighted by Gasteiger charge is 2.47. The van der Waals surface area contributed by atoms with E-state index in [1.807, 2.05) is 20.8 Å². The number of ether oxygens (including phenoxy) is 2. The summed E-state index contributed by atoms with van der Waals surface area (Å²) in [5.74, 6) is 1.30. The van der Waals surface area contributed by atoms with Gasteiger partial charge in [-0.1, -0.05) is 44.0 Å². The molecular weight excluding hydrogens is 571 g/mol. The molecule has 10 heteroatoms. The molecule has 5 rings (SSSR count). The van der Waals surface area contributed by atoms with Gasteiger partial charge in [-0.05, 0) is 49.1 Å². The Kier molecular flexibility index (Phi) is 8.12. The summed E-state index contributed by atoms with van der Waals surface area (Å²) in [4.78, 5) is 15.6. The summed E-state index contributed by atoms with van der Waals surface area (Å²) in [5, 5.41) is 14.1. The molecule has 3 aromatic carbocycles. The molecule has 8 nitrogen and oxygen atoms in total. The smallest absolute Gasteiger partial charge is 0.232 e. The molecule has 2 heterocycles. The average molecular weight is 605 g/mol. The Morgan fingerprint density at radius 1 is 1.16 bits per heavy atom. The number of fused-ring (bicyclic) bond motifs is 1. The van der Waals surface area contributed by atoms with Crippen molar-refractivity contribution >= 4 is 27.1 Å². The Labute approximate surface area is 251 Å². The first-order valence-electron chi connectivity index (χ1n) is 13.9. The van der Waals surface area contributed by atoms with Gasteiger partial charge in [-0.25, -0.2) is 12.8 Å². The zero-order chi connectivity index (χ0) is 30.9. The van der Waals surface area contributed by atoms with Gasteiger partial charge < -0.3 is 19.9 Å². The van der Waals surface area contributed by atoms with Crippen LogP contribution in [-0.4, -0.2) is 38.4 Å². The van der Waals surface area contributed by atoms with Gasteiger partial charge in [0, 0.05) is 22.9 Å². The van der Waals surface area contributed by atoms with Crippen molar-refractivity contribution in [3.8, 4) is 29.6 Å². The van der Waals surface area contributed by atoms with Crippen molar-refractivity contribution in [1.29, 1.82) is 0 Å². The molecule has 0 bridgehead atoms. The number of halogens is 1. The van der Waals surface area contributed by atoms with Crippen molar-refractivity contribution in [2.75, 3.05) is 29.2 Å². The van der Waals surface area contributed by atoms with E-state index >= 15 is 4.39 Å². The number of aromatic hydroxyl groups is 1. The quantitative estimate of drug-likeness (QED) is 0.262. The van der Waals surface area contributed by atoms with E-state index in [1.54, 1.807) is 36.4 Å². The minimum absolute atomic E-state index is 0.0479. The number of terminal acetylenes is 1. The first-order valence-corrected chi connectivity index (χ1v) is 15.5. The molecule has 3 aromatic rings. The normalized spacial score (nSPS) is 18.4. The van der Waals surface area contributed by atoms with Crippen LogP contribution in [0.3, 0.4) is 0 Å². The predicted octanol–water partition coefficient (Wildman–Crippen LogP) is 5.74. The molecule has 2 N–H and O–H groups in total. The van der Waals surface area contributed by atoms with E-state index in [0.29, 0.717) is 23.6 Å². The van der Waals surface area contributed by atoms with Crippen molar-refractivity contribution in [3.63, 3.8) is 0 Å². The van der Waals surface area contributed by atoms with Crippen LogP contribution in [0.1, 0.15) is 44.4 Å². The van der Waals surface area contributed by atoms with Crippen LogP contribution in [0.2, 0.25) is 0 Å². The summed E-state index contributed by atoms with van der Waals surface area (Å²) in [7, 11) is -4.05. The van der Waals surface area contributed by atoms with Crippen molar-refractivity contribution in [1.82, 2.24) is 0 Å². The lowest BCUT2D eigenvalue weighted by molar-refractivity contribution is -0.118. The summed E-state index contributed by atoms with van der Waals surface area (Å²) in [6.07, 6.45) is 5.39. The standard InChI is InChI=1S/C33H33FN2O6S/c1-5-16-42-22-14-15-23(24(34)18-22)31-32-25(19-33(3,4)20-43(32,39)40)35-30-26(11-9-12-27(30)37)36(31)29(38)17-21-10-7-8-13-28(21)41-6-2/h1,7-15,18,31,35,37H,6,16-17,19-20H2,2-4H3/t31-/m0/s1. The van der Waals surface area contributed by atoms with Crippen LogP contribution < -0.4 is 19.7 Å². The second-order valence-corrected chi connectivity index (χ2v) is 13.3. The van der Waals surface area contributed by atoms with E-state index in [9.17, 15) is 18.3 Å². The Morgan fingerprint density at radius 2 is 1.93 bits per heavy atom. The van der Waals surface area contributed by atoms with Crippen LogP contribution in [0.15, 0.2) is 71.3 Å². The zero-order valence-electron chi connectivity index (χ0n) is 24.2. The number of anilines is 2. The molecule has 0 aliphatic carbocycles. The first-order chi connectivity index (χ1) is 20.5. The molecule has 0 radical (unpaired) electrons. The van der Waals surface area contributed by atoms with Crippen LogP contribution in [0.4, 0.5) is 15.8 Å². The number of carbonyl (C=O) groups is 1. The van der Waals surface area contributed by atoms with Gasteiger partial charge in [0.25, 0.3) is 0 Å². The highest BCUT2D eigenvalue weighted by molar-refractivity contribution is 7.95. The number of phenolic OH excluding ortho intramolecular Hbond substituents is 1. The van der Waals surface area contributed by atoms with E-state index in [-0.39, 0.29) is 58.5 Å². The molecular formula is C33H33FN2O6S. The monoisotopic (exact) mass is 604 g/mol. The molecule has 0 fully saturated rings. The SMILES string of the molecule is C#CCOc1ccc([C@H]2C3=C(CC(C)(C)CS3(=O)=O)Nc3c(O)cccc3N2C(=O)Cc2ccccc2OCC)c(F)c1. The maximum Gasteiger partial charge on any atom is 0.232 e. The van der Waals surface area contributed by atoms with Gasteiger partial charge >= 0.3 is 0 Å². The van der Waals surface area contributed by atoms with Gasteiger partial charge in [0.05, 0.1) is 29.4 Å². The molecule has 0 aromatic heterocycles. The predicted molar refractivity (Wildman–Crippen MR) is 163 cm³/mol. The van der Waals surface area contributed by atoms with Gasteiger partial charge in [0.2, 0.25) is 5.91 Å². The maximum atomic E-state index is 16.1. The minimum atomic E-state index is -4.05. The van der Waals surface area contributed by atoms with Crippen molar-refractivity contribution in [2.24, 2.45) is 5.41 Å². The molecule has 1 atom stereocenters. The third-order valence-corrected chi connectivity index (χ3v) is 9.70. The van der Waals surface area contributed by atoms with Gasteiger partial charge in [-0.15, -0.1) is 6.42 Å². The number of phenols is 1. The van der Waals surface area contributed by atoms with Crippen molar-refractivity contribution < 1.29 is 32.2 Å². The summed E-state index contributed by atoms with van der Waals surface area (Å²) < 4.78 is 55.4. The Bertz CT molecular complexity index is 1760. The second-order valence-electron chi connectivity index (χ2n) is 11.3. The highest BCUT2D eigenvalue weighted by atomic mass is 32.2. The van der Waals surface area contributed by atoms with Crippen molar-refractivity contribution in [2.45, 2.75) is 39.7 Å². The van der Waals surface area contributed by atoms with Gasteiger partial charge in [-0.3, -0.25) is 9.69 Å². The fourth-order valence-electron chi connectivity index (χ4n) is 5.80. The van der Waals surface area contributed by atoms with Crippen LogP contribution >= 0.6 is 0 Å². The molecule has 2 aliphatic rings. The zero-order valence-corrected chi connectivity index (χ0v) is 25.0. The lowest BCUT2D eigenvalue weighted by Crippen LogP contribution is -2.42. The first kappa shape index (κ1) is 30.0. The van der Waals surface area contributed by atoms with Crippen molar-refractivity contribution in [3.05, 3.63) is 88.2 Å². The third kappa shape index (κ3) is 5.90. The Balaban J connectivity index is 1.77. The molecule has 0 saturated heterocycles. The Hall–Kier alpha value is -4.49. The Morgan fingerprint density at radius 3 is 2.65 bits per heavy atom. The van der Waals surface area contributed by atoms with Gasteiger partial charge in [0.1, 0.15) is 41.4 Å². The number of amides is 1. The number of nitrogens with zero attached hydrogens (tertiary/aromatic N) is 1. The number of para-hydroxylation sites is 2. The molecule has 0 unspecified atom stereocenters. The number of rotatable bonds is 7. The number of benzene rings is 3. The largest absolute Gasteiger partial charge is 0.506 e. The molecule has 0 saturated carbocycles. The van der Waals surface area contributed by atoms with E-state index in [1.165, 1.54) is 23.1 Å². The van der Waals surface area contributed by atoms with Crippen LogP contribution in [-0.2, 0) is 21.1 Å². The lowest BCUT2D eigenvalue weighted by Gasteiger charge is -2.37. The third-order valence-electron chi connectivity index (χ3n) is 7.40. The van der Waals surface area contributed by atoms with E-state index in [2.05, 4.69) is 11.2 Å². The van der Waals surface area contributed by atoms with Gasteiger partial charge in [0.15, 0.2) is 9.84 Å². The molecule has 2 aliphatic heterocycles. The van der Waals surface area contributed by atoms with E-state index < -0.39 is 33.0 Å². The summed E-state index contributed by atoms with van der Waals surface area (Å²) >= 11 is 0. The molecule has 1 amide bonds. The number of carbonyl (C=O) groups excluding carboxylic acids is 1. The average Bonchev–Trinajstić information content (AvgIpc) is 3.07. The summed E-state index contributed by atoms with van der Waals surface area (Å²) in [6.45, 7) is 5.78. The second kappa shape index (κ2) is 11.7. The van der Waals surface area contributed by atoms with Gasteiger partial charge in [-0.2, -0.15) is 0 Å². The number of allylic oxidation sites excluding steroid dienone is 1. The maximum absolute atomic E-state index is 16.1. The van der Waals surface area contributed by atoms with Crippen LogP contribution in [0, 0.1) is 23.6 Å². The molecule has 43 heavy (non-hydrogen) atoms. The summed E-state index contributed by atoms with van der Waals surface area (Å²) in [5.41, 5.74) is 0.521. The van der Waals surface area contributed by atoms with E-state index in [0.717, 1.165) is 6.07 Å². The van der Waals surface area contributed by atoms with Crippen LogP contribution in [0.25, 0.3) is 0 Å². The topological polar surface area (TPSA) is 105 Å². The number of nitrogens with one attached hydrogen (secondary N) is 1. The fraction of sp³-hybridized carbons (Fsp3) is 0.303. The number of hydrogen-bond acceptors (Lipinski definition) is 7. The molecule has 0 spiro atoms. The number of hydrogen-bond donors (Lipinski definition) is 2.